The van der Waals surface area contributed by atoms with Crippen molar-refractivity contribution in [1.29, 1.82) is 0 Å². The summed E-state index contributed by atoms with van der Waals surface area (Å²) in [5.74, 6) is -1.18. The van der Waals surface area contributed by atoms with Gasteiger partial charge in [-0.15, -0.1) is 0 Å². The van der Waals surface area contributed by atoms with Gasteiger partial charge in [-0.25, -0.2) is 0 Å². The predicted molar refractivity (Wildman–Crippen MR) is 44.6 cm³/mol. The number of aliphatic imine (C=N–C) groups is 1. The molecule has 0 radical (unpaired) electrons. The van der Waals surface area contributed by atoms with Gasteiger partial charge in [-0.05, 0) is 12.8 Å². The average Bonchev–Trinajstić information content (AvgIpc) is 2.04. The van der Waals surface area contributed by atoms with Crippen LogP contribution in [0.4, 0.5) is 13.2 Å². The van der Waals surface area contributed by atoms with Gasteiger partial charge in [-0.3, -0.25) is 4.99 Å². The summed E-state index contributed by atoms with van der Waals surface area (Å²) in [5, 5.41) is 0. The maximum absolute atomic E-state index is 11.9. The molecule has 0 bridgehead atoms. The minimum absolute atomic E-state index is 0.213. The molecule has 0 aromatic carbocycles. The molecule has 2 nitrogen and oxygen atoms in total. The van der Waals surface area contributed by atoms with Gasteiger partial charge in [-0.2, -0.15) is 13.2 Å². The zero-order chi connectivity index (χ0) is 9.90. The smallest absolute Gasteiger partial charge is 0.380 e. The van der Waals surface area contributed by atoms with Gasteiger partial charge in [0.1, 0.15) is 0 Å². The third kappa shape index (κ3) is 3.24. The van der Waals surface area contributed by atoms with Crippen molar-refractivity contribution in [2.75, 3.05) is 0 Å². The molecule has 13 heavy (non-hydrogen) atoms. The summed E-state index contributed by atoms with van der Waals surface area (Å²) < 4.78 is 35.8. The fourth-order valence-electron chi connectivity index (χ4n) is 1.48. The Balaban J connectivity index is 2.53. The SMILES string of the molecule is NC(=NC1CCCCC1)C(F)(F)F. The van der Waals surface area contributed by atoms with Crippen molar-refractivity contribution in [1.82, 2.24) is 0 Å². The topological polar surface area (TPSA) is 38.4 Å². The number of alkyl halides is 3. The Morgan fingerprint density at radius 1 is 1.15 bits per heavy atom. The zero-order valence-corrected chi connectivity index (χ0v) is 7.27. The van der Waals surface area contributed by atoms with E-state index in [0.29, 0.717) is 0 Å². The Labute approximate surface area is 75.0 Å². The summed E-state index contributed by atoms with van der Waals surface area (Å²) in [6, 6.07) is -0.213. The molecular formula is C8H13F3N2. The van der Waals surface area contributed by atoms with Crippen LogP contribution >= 0.6 is 0 Å². The summed E-state index contributed by atoms with van der Waals surface area (Å²) in [4.78, 5) is 3.48. The molecular weight excluding hydrogens is 181 g/mol. The van der Waals surface area contributed by atoms with Gasteiger partial charge in [0.15, 0.2) is 0 Å². The Hall–Kier alpha value is -0.740. The minimum atomic E-state index is -4.46. The van der Waals surface area contributed by atoms with Crippen LogP contribution in [0.25, 0.3) is 0 Å². The van der Waals surface area contributed by atoms with Crippen molar-refractivity contribution in [3.63, 3.8) is 0 Å². The molecule has 2 N–H and O–H groups in total. The lowest BCUT2D eigenvalue weighted by atomic mass is 9.96. The fourth-order valence-corrected chi connectivity index (χ4v) is 1.48. The van der Waals surface area contributed by atoms with E-state index in [-0.39, 0.29) is 6.04 Å². The average molecular weight is 194 g/mol. The highest BCUT2D eigenvalue weighted by Crippen LogP contribution is 2.22. The lowest BCUT2D eigenvalue weighted by molar-refractivity contribution is -0.0603. The second-order valence-corrected chi connectivity index (χ2v) is 3.30. The summed E-state index contributed by atoms with van der Waals surface area (Å²) in [6.07, 6.45) is 0.0154. The van der Waals surface area contributed by atoms with Crippen LogP contribution in [0.1, 0.15) is 32.1 Å². The van der Waals surface area contributed by atoms with Crippen molar-refractivity contribution >= 4 is 5.84 Å². The van der Waals surface area contributed by atoms with E-state index in [9.17, 15) is 13.2 Å². The predicted octanol–water partition coefficient (Wildman–Crippen LogP) is 2.24. The Bertz CT molecular complexity index is 192. The van der Waals surface area contributed by atoms with Crippen LogP contribution in [0.3, 0.4) is 0 Å². The molecule has 0 unspecified atom stereocenters. The number of amidine groups is 1. The van der Waals surface area contributed by atoms with Crippen LogP contribution in [0.15, 0.2) is 4.99 Å². The van der Waals surface area contributed by atoms with Crippen molar-refractivity contribution in [3.8, 4) is 0 Å². The van der Waals surface area contributed by atoms with Crippen molar-refractivity contribution < 1.29 is 13.2 Å². The molecule has 1 saturated carbocycles. The maximum Gasteiger partial charge on any atom is 0.448 e. The summed E-state index contributed by atoms with van der Waals surface area (Å²) in [6.45, 7) is 0. The van der Waals surface area contributed by atoms with Crippen LogP contribution < -0.4 is 5.73 Å². The van der Waals surface area contributed by atoms with E-state index in [1.54, 1.807) is 0 Å². The second kappa shape index (κ2) is 3.98. The summed E-state index contributed by atoms with van der Waals surface area (Å²) in [5.41, 5.74) is 4.81. The molecule has 1 aliphatic carbocycles. The van der Waals surface area contributed by atoms with Crippen molar-refractivity contribution in [3.05, 3.63) is 0 Å². The van der Waals surface area contributed by atoms with E-state index >= 15 is 0 Å². The van der Waals surface area contributed by atoms with E-state index < -0.39 is 12.0 Å². The standard InChI is InChI=1S/C8H13F3N2/c9-8(10,11)7(12)13-6-4-2-1-3-5-6/h6H,1-5H2,(H2,12,13). The highest BCUT2D eigenvalue weighted by Gasteiger charge is 2.34. The number of halogens is 3. The largest absolute Gasteiger partial charge is 0.448 e. The van der Waals surface area contributed by atoms with Gasteiger partial charge < -0.3 is 5.73 Å². The van der Waals surface area contributed by atoms with Crippen LogP contribution in [0, 0.1) is 0 Å². The number of nitrogens with zero attached hydrogens (tertiary/aromatic N) is 1. The van der Waals surface area contributed by atoms with Crippen molar-refractivity contribution in [2.45, 2.75) is 44.3 Å². The molecule has 0 spiro atoms. The van der Waals surface area contributed by atoms with E-state index in [2.05, 4.69) is 4.99 Å². The second-order valence-electron chi connectivity index (χ2n) is 3.30. The van der Waals surface area contributed by atoms with Gasteiger partial charge in [0.25, 0.3) is 0 Å². The van der Waals surface area contributed by atoms with E-state index in [4.69, 9.17) is 5.73 Å². The normalized spacial score (nSPS) is 21.9. The number of nitrogens with two attached hydrogens (primary N) is 1. The number of hydrogen-bond acceptors (Lipinski definition) is 1. The van der Waals surface area contributed by atoms with Crippen LogP contribution in [-0.2, 0) is 0 Å². The van der Waals surface area contributed by atoms with Gasteiger partial charge >= 0.3 is 6.18 Å². The van der Waals surface area contributed by atoms with Crippen LogP contribution in [0.5, 0.6) is 0 Å². The molecule has 0 atom stereocenters. The monoisotopic (exact) mass is 194 g/mol. The Morgan fingerprint density at radius 2 is 1.69 bits per heavy atom. The number of hydrogen-bond donors (Lipinski definition) is 1. The fraction of sp³-hybridized carbons (Fsp3) is 0.875. The zero-order valence-electron chi connectivity index (χ0n) is 7.27. The highest BCUT2D eigenvalue weighted by atomic mass is 19.4. The molecule has 0 aromatic rings. The molecule has 5 heteroatoms. The first kappa shape index (κ1) is 10.3. The van der Waals surface area contributed by atoms with Gasteiger partial charge in [-0.1, -0.05) is 19.3 Å². The maximum atomic E-state index is 11.9. The molecule has 0 aliphatic heterocycles. The molecule has 0 heterocycles. The van der Waals surface area contributed by atoms with Gasteiger partial charge in [0.2, 0.25) is 5.84 Å². The lowest BCUT2D eigenvalue weighted by Gasteiger charge is -2.18. The van der Waals surface area contributed by atoms with E-state index in [1.165, 1.54) is 0 Å². The summed E-state index contributed by atoms with van der Waals surface area (Å²) in [7, 11) is 0. The molecule has 1 rings (SSSR count). The lowest BCUT2D eigenvalue weighted by Crippen LogP contribution is -2.33. The van der Waals surface area contributed by atoms with E-state index in [0.717, 1.165) is 32.1 Å². The van der Waals surface area contributed by atoms with Crippen molar-refractivity contribution in [2.24, 2.45) is 10.7 Å². The van der Waals surface area contributed by atoms with Crippen LogP contribution in [-0.4, -0.2) is 18.1 Å². The molecule has 1 fully saturated rings. The van der Waals surface area contributed by atoms with Gasteiger partial charge in [0, 0.05) is 0 Å². The van der Waals surface area contributed by atoms with Crippen LogP contribution in [0.2, 0.25) is 0 Å². The first-order valence-corrected chi connectivity index (χ1v) is 4.40. The Morgan fingerprint density at radius 3 is 2.15 bits per heavy atom. The molecule has 0 saturated heterocycles. The van der Waals surface area contributed by atoms with Gasteiger partial charge in [0.05, 0.1) is 6.04 Å². The highest BCUT2D eigenvalue weighted by molar-refractivity contribution is 5.85. The molecule has 0 aromatic heterocycles. The molecule has 1 aliphatic rings. The third-order valence-electron chi connectivity index (χ3n) is 2.19. The quantitative estimate of drug-likeness (QED) is 0.504. The summed E-state index contributed by atoms with van der Waals surface area (Å²) >= 11 is 0. The third-order valence-corrected chi connectivity index (χ3v) is 2.19. The first-order valence-electron chi connectivity index (χ1n) is 4.40. The Kier molecular flexibility index (Phi) is 3.17. The van der Waals surface area contributed by atoms with E-state index in [1.807, 2.05) is 0 Å². The molecule has 0 amide bonds. The number of rotatable bonds is 1. The minimum Gasteiger partial charge on any atom is -0.380 e. The first-order chi connectivity index (χ1) is 6.00. The molecule has 76 valence electrons.